The Bertz CT molecular complexity index is 306. The van der Waals surface area contributed by atoms with Crippen LogP contribution in [0, 0.1) is 22.7 Å². The molecule has 1 fully saturated rings. The molecule has 1 saturated carbocycles. The molecule has 0 spiro atoms. The Labute approximate surface area is 121 Å². The lowest BCUT2D eigenvalue weighted by Crippen LogP contribution is -2.46. The fraction of sp³-hybridized carbons (Fsp3) is 0.895. The van der Waals surface area contributed by atoms with E-state index in [0.29, 0.717) is 10.8 Å². The van der Waals surface area contributed by atoms with Crippen LogP contribution in [0.1, 0.15) is 85.5 Å². The summed E-state index contributed by atoms with van der Waals surface area (Å²) in [6.07, 6.45) is 17.8. The van der Waals surface area contributed by atoms with Crippen molar-refractivity contribution in [2.75, 3.05) is 0 Å². The molecule has 2 aliphatic carbocycles. The van der Waals surface area contributed by atoms with E-state index < -0.39 is 0 Å². The maximum atomic E-state index is 2.60. The molecule has 0 N–H and O–H groups in total. The zero-order valence-corrected chi connectivity index (χ0v) is 13.7. The minimum absolute atomic E-state index is 0.445. The third-order valence-electron chi connectivity index (χ3n) is 6.89. The van der Waals surface area contributed by atoms with E-state index in [1.165, 1.54) is 57.8 Å². The molecule has 0 saturated heterocycles. The first-order valence-electron chi connectivity index (χ1n) is 8.69. The monoisotopic (exact) mass is 262 g/mol. The van der Waals surface area contributed by atoms with Crippen LogP contribution in [0.3, 0.4) is 0 Å². The first kappa shape index (κ1) is 15.1. The van der Waals surface area contributed by atoms with Crippen molar-refractivity contribution in [2.24, 2.45) is 22.7 Å². The van der Waals surface area contributed by atoms with Gasteiger partial charge in [0.2, 0.25) is 0 Å². The molecule has 0 bridgehead atoms. The smallest absolute Gasteiger partial charge is 0.0177 e. The van der Waals surface area contributed by atoms with Crippen molar-refractivity contribution in [1.29, 1.82) is 0 Å². The Hall–Kier alpha value is -0.260. The third kappa shape index (κ3) is 2.78. The van der Waals surface area contributed by atoms with Gasteiger partial charge in [0.25, 0.3) is 0 Å². The van der Waals surface area contributed by atoms with Crippen molar-refractivity contribution in [3.63, 3.8) is 0 Å². The minimum Gasteiger partial charge on any atom is -0.0882 e. The molecule has 0 heteroatoms. The van der Waals surface area contributed by atoms with Gasteiger partial charge in [-0.15, -0.1) is 0 Å². The molecule has 0 aromatic rings. The van der Waals surface area contributed by atoms with Gasteiger partial charge in [-0.25, -0.2) is 0 Å². The normalized spacial score (nSPS) is 29.2. The lowest BCUT2D eigenvalue weighted by molar-refractivity contribution is -0.0348. The third-order valence-corrected chi connectivity index (χ3v) is 6.89. The van der Waals surface area contributed by atoms with E-state index >= 15 is 0 Å². The topological polar surface area (TPSA) is 0 Å². The van der Waals surface area contributed by atoms with Crippen LogP contribution in [0.2, 0.25) is 0 Å². The fourth-order valence-electron chi connectivity index (χ4n) is 4.85. The van der Waals surface area contributed by atoms with Gasteiger partial charge in [0.05, 0.1) is 0 Å². The van der Waals surface area contributed by atoms with Gasteiger partial charge in [-0.3, -0.25) is 0 Å². The molecule has 2 aliphatic rings. The molecule has 0 aromatic carbocycles. The lowest BCUT2D eigenvalue weighted by atomic mass is 9.51. The molecule has 2 unspecified atom stereocenters. The van der Waals surface area contributed by atoms with E-state index in [9.17, 15) is 0 Å². The Morgan fingerprint density at radius 3 is 2.16 bits per heavy atom. The molecule has 2 atom stereocenters. The van der Waals surface area contributed by atoms with Crippen LogP contribution < -0.4 is 0 Å². The number of hydrogen-bond acceptors (Lipinski definition) is 0. The quantitative estimate of drug-likeness (QED) is 0.517. The zero-order valence-electron chi connectivity index (χ0n) is 13.7. The van der Waals surface area contributed by atoms with Crippen molar-refractivity contribution in [3.8, 4) is 0 Å². The van der Waals surface area contributed by atoms with Crippen molar-refractivity contribution in [1.82, 2.24) is 0 Å². The fourth-order valence-corrected chi connectivity index (χ4v) is 4.85. The molecule has 0 nitrogen and oxygen atoms in total. The van der Waals surface area contributed by atoms with Gasteiger partial charge in [-0.2, -0.15) is 0 Å². The SMILES string of the molecule is CCC(C)(C1CCCCC1)C(C)(C)C1C=CCCC1. The number of hydrogen-bond donors (Lipinski definition) is 0. The summed E-state index contributed by atoms with van der Waals surface area (Å²) in [7, 11) is 0. The summed E-state index contributed by atoms with van der Waals surface area (Å²) in [4.78, 5) is 0. The summed E-state index contributed by atoms with van der Waals surface area (Å²) in [5, 5.41) is 0. The van der Waals surface area contributed by atoms with Gasteiger partial charge in [0, 0.05) is 0 Å². The first-order valence-corrected chi connectivity index (χ1v) is 8.69. The highest BCUT2D eigenvalue weighted by atomic mass is 14.5. The second-order valence-electron chi connectivity index (χ2n) is 7.79. The van der Waals surface area contributed by atoms with Crippen molar-refractivity contribution in [2.45, 2.75) is 85.5 Å². The van der Waals surface area contributed by atoms with Crippen molar-refractivity contribution < 1.29 is 0 Å². The van der Waals surface area contributed by atoms with E-state index in [1.54, 1.807) is 0 Å². The first-order chi connectivity index (χ1) is 9.02. The van der Waals surface area contributed by atoms with E-state index in [-0.39, 0.29) is 0 Å². The van der Waals surface area contributed by atoms with Crippen LogP contribution in [0.15, 0.2) is 12.2 Å². The zero-order chi connectivity index (χ0) is 13.9. The molecule has 0 aliphatic heterocycles. The van der Waals surface area contributed by atoms with Crippen LogP contribution in [-0.2, 0) is 0 Å². The van der Waals surface area contributed by atoms with Gasteiger partial charge in [0.1, 0.15) is 0 Å². The van der Waals surface area contributed by atoms with Crippen LogP contribution in [0.4, 0.5) is 0 Å². The van der Waals surface area contributed by atoms with Crippen LogP contribution in [-0.4, -0.2) is 0 Å². The molecule has 2 rings (SSSR count). The Morgan fingerprint density at radius 2 is 1.63 bits per heavy atom. The molecule has 0 aromatic heterocycles. The van der Waals surface area contributed by atoms with Crippen LogP contribution in [0.25, 0.3) is 0 Å². The van der Waals surface area contributed by atoms with Crippen LogP contribution in [0.5, 0.6) is 0 Å². The molecular weight excluding hydrogens is 228 g/mol. The van der Waals surface area contributed by atoms with Crippen molar-refractivity contribution >= 4 is 0 Å². The molecular formula is C19H34. The largest absolute Gasteiger partial charge is 0.0882 e. The standard InChI is InChI=1S/C19H34/c1-5-19(4,17-14-10-7-11-15-17)18(2,3)16-12-8-6-9-13-16/h8,12,16-17H,5-7,9-11,13-15H2,1-4H3. The van der Waals surface area contributed by atoms with Gasteiger partial charge >= 0.3 is 0 Å². The van der Waals surface area contributed by atoms with Crippen molar-refractivity contribution in [3.05, 3.63) is 12.2 Å². The summed E-state index contributed by atoms with van der Waals surface area (Å²) in [6, 6.07) is 0. The van der Waals surface area contributed by atoms with E-state index in [4.69, 9.17) is 0 Å². The second kappa shape index (κ2) is 6.02. The van der Waals surface area contributed by atoms with Gasteiger partial charge in [-0.05, 0) is 61.2 Å². The maximum Gasteiger partial charge on any atom is -0.0177 e. The summed E-state index contributed by atoms with van der Waals surface area (Å²) in [5.74, 6) is 1.75. The summed E-state index contributed by atoms with van der Waals surface area (Å²) in [5.41, 5.74) is 0.959. The van der Waals surface area contributed by atoms with Crippen LogP contribution >= 0.6 is 0 Å². The average Bonchev–Trinajstić information content (AvgIpc) is 2.48. The minimum atomic E-state index is 0.445. The summed E-state index contributed by atoms with van der Waals surface area (Å²) in [6.45, 7) is 10.2. The molecule has 110 valence electrons. The van der Waals surface area contributed by atoms with Gasteiger partial charge in [0.15, 0.2) is 0 Å². The Balaban J connectivity index is 2.21. The summed E-state index contributed by atoms with van der Waals surface area (Å²) >= 11 is 0. The predicted molar refractivity (Wildman–Crippen MR) is 85.2 cm³/mol. The Morgan fingerprint density at radius 1 is 0.947 bits per heavy atom. The highest BCUT2D eigenvalue weighted by molar-refractivity contribution is 5.06. The van der Waals surface area contributed by atoms with E-state index in [1.807, 2.05) is 0 Å². The highest BCUT2D eigenvalue weighted by Gasteiger charge is 2.48. The molecule has 0 amide bonds. The second-order valence-corrected chi connectivity index (χ2v) is 7.79. The number of allylic oxidation sites excluding steroid dienone is 2. The highest BCUT2D eigenvalue weighted by Crippen LogP contribution is 2.57. The molecule has 0 radical (unpaired) electrons. The Kier molecular flexibility index (Phi) is 4.79. The predicted octanol–water partition coefficient (Wildman–Crippen LogP) is 6.37. The maximum absolute atomic E-state index is 2.60. The molecule has 19 heavy (non-hydrogen) atoms. The summed E-state index contributed by atoms with van der Waals surface area (Å²) < 4.78 is 0. The lowest BCUT2D eigenvalue weighted by Gasteiger charge is -2.54. The van der Waals surface area contributed by atoms with Gasteiger partial charge < -0.3 is 0 Å². The van der Waals surface area contributed by atoms with E-state index in [2.05, 4.69) is 39.8 Å². The van der Waals surface area contributed by atoms with Gasteiger partial charge in [-0.1, -0.05) is 59.1 Å². The number of rotatable bonds is 4. The average molecular weight is 262 g/mol. The van der Waals surface area contributed by atoms with E-state index in [0.717, 1.165) is 11.8 Å². The molecule has 0 heterocycles.